The lowest BCUT2D eigenvalue weighted by molar-refractivity contribution is 0.0368. The van der Waals surface area contributed by atoms with Gasteiger partial charge in [-0.05, 0) is 56.0 Å². The van der Waals surface area contributed by atoms with Crippen LogP contribution in [0.2, 0.25) is 0 Å². The summed E-state index contributed by atoms with van der Waals surface area (Å²) in [6.07, 6.45) is 1.90. The summed E-state index contributed by atoms with van der Waals surface area (Å²) < 4.78 is 35.4. The van der Waals surface area contributed by atoms with Crippen molar-refractivity contribution in [2.45, 2.75) is 32.3 Å². The van der Waals surface area contributed by atoms with Crippen LogP contribution in [0.4, 0.5) is 25.3 Å². The van der Waals surface area contributed by atoms with E-state index in [9.17, 15) is 13.6 Å². The third-order valence-corrected chi connectivity index (χ3v) is 6.22. The molecule has 2 N–H and O–H groups in total. The number of nitrogens with zero attached hydrogens (tertiary/aromatic N) is 5. The molecule has 0 spiro atoms. The maximum absolute atomic E-state index is 13.0. The number of halogens is 2. The molecule has 0 bridgehead atoms. The fraction of sp³-hybridized carbons (Fsp3) is 0.348. The molecule has 1 saturated heterocycles. The smallest absolute Gasteiger partial charge is 0.260 e. The second-order valence-electron chi connectivity index (χ2n) is 8.01. The van der Waals surface area contributed by atoms with Gasteiger partial charge in [-0.15, -0.1) is 0 Å². The fourth-order valence-corrected chi connectivity index (χ4v) is 4.53. The van der Waals surface area contributed by atoms with Crippen LogP contribution in [0.5, 0.6) is 5.88 Å². The van der Waals surface area contributed by atoms with Gasteiger partial charge in [0.25, 0.3) is 12.3 Å². The molecule has 35 heavy (non-hydrogen) atoms. The highest BCUT2D eigenvalue weighted by Crippen LogP contribution is 2.28. The number of rotatable bonds is 8. The highest BCUT2D eigenvalue weighted by Gasteiger charge is 2.24. The molecule has 9 nitrogen and oxygen atoms in total. The number of carbonyl (C=O) groups excluding carboxylic acids is 1. The number of likely N-dealkylation sites (tertiary alicyclic amines) is 1. The zero-order chi connectivity index (χ0) is 24.8. The summed E-state index contributed by atoms with van der Waals surface area (Å²) in [6, 6.07) is 8.59. The Morgan fingerprint density at radius 3 is 2.86 bits per heavy atom. The Balaban J connectivity index is 1.37. The molecule has 3 aromatic heterocycles. The molecule has 12 heteroatoms. The number of nitriles is 1. The van der Waals surface area contributed by atoms with Gasteiger partial charge >= 0.3 is 0 Å². The number of anilines is 3. The van der Waals surface area contributed by atoms with Crippen molar-refractivity contribution < 1.29 is 18.3 Å². The van der Waals surface area contributed by atoms with Crippen LogP contribution >= 0.6 is 11.5 Å². The Labute approximate surface area is 204 Å². The van der Waals surface area contributed by atoms with Gasteiger partial charge in [-0.25, -0.2) is 18.7 Å². The topological polar surface area (TPSA) is 116 Å². The van der Waals surface area contributed by atoms with Crippen molar-refractivity contribution >= 4 is 33.9 Å². The molecule has 0 aliphatic carbocycles. The number of alkyl halides is 2. The minimum absolute atomic E-state index is 0.209. The number of nitrogens with one attached hydrogen (secondary N) is 2. The number of ether oxygens (including phenoxy) is 1. The van der Waals surface area contributed by atoms with Crippen molar-refractivity contribution in [2.75, 3.05) is 30.3 Å². The average molecular weight is 500 g/mol. The molecule has 1 aliphatic rings. The van der Waals surface area contributed by atoms with Crippen LogP contribution in [0.1, 0.15) is 34.5 Å². The highest BCUT2D eigenvalue weighted by molar-refractivity contribution is 7.10. The van der Waals surface area contributed by atoms with Gasteiger partial charge in [0.2, 0.25) is 5.88 Å². The summed E-state index contributed by atoms with van der Waals surface area (Å²) in [5.41, 5.74) is 1.84. The molecule has 1 aliphatic heterocycles. The standard InChI is InChI=1S/C23H23F2N7O2S/c1-14-21(23(35-31-14)30-19-6-4-15(9-26)10-27-19)22(33)29-16-5-7-20(28-11-16)34-17-3-2-8-32(12-17)13-18(24)25/h4-7,10-11,17-18H,2-3,8,12-13H2,1H3,(H,27,30)(H,29,33). The largest absolute Gasteiger partial charge is 0.473 e. The summed E-state index contributed by atoms with van der Waals surface area (Å²) >= 11 is 1.13. The highest BCUT2D eigenvalue weighted by atomic mass is 32.1. The third kappa shape index (κ3) is 6.46. The Morgan fingerprint density at radius 2 is 2.17 bits per heavy atom. The second-order valence-corrected chi connectivity index (χ2v) is 8.79. The Bertz CT molecular complexity index is 1200. The van der Waals surface area contributed by atoms with Crippen LogP contribution < -0.4 is 15.4 Å². The van der Waals surface area contributed by atoms with E-state index in [4.69, 9.17) is 10.00 Å². The van der Waals surface area contributed by atoms with Gasteiger partial charge in [-0.1, -0.05) is 0 Å². The molecule has 4 rings (SSSR count). The number of hydrogen-bond acceptors (Lipinski definition) is 9. The molecule has 0 saturated carbocycles. The molecular weight excluding hydrogens is 476 g/mol. The van der Waals surface area contributed by atoms with E-state index in [1.165, 1.54) is 12.4 Å². The normalized spacial score (nSPS) is 16.0. The summed E-state index contributed by atoms with van der Waals surface area (Å²) in [5.74, 6) is 0.493. The lowest BCUT2D eigenvalue weighted by Crippen LogP contribution is -2.43. The van der Waals surface area contributed by atoms with Gasteiger partial charge in [0.15, 0.2) is 0 Å². The number of amides is 1. The van der Waals surface area contributed by atoms with E-state index in [0.29, 0.717) is 52.3 Å². The summed E-state index contributed by atoms with van der Waals surface area (Å²) in [6.45, 7) is 2.54. The first-order valence-electron chi connectivity index (χ1n) is 11.0. The maximum atomic E-state index is 13.0. The zero-order valence-corrected chi connectivity index (χ0v) is 19.7. The number of aryl methyl sites for hydroxylation is 1. The van der Waals surface area contributed by atoms with E-state index in [-0.39, 0.29) is 18.6 Å². The first-order valence-corrected chi connectivity index (χ1v) is 11.7. The third-order valence-electron chi connectivity index (χ3n) is 5.36. The predicted octanol–water partition coefficient (Wildman–Crippen LogP) is 4.22. The van der Waals surface area contributed by atoms with E-state index >= 15 is 0 Å². The minimum atomic E-state index is -2.37. The lowest BCUT2D eigenvalue weighted by atomic mass is 10.1. The van der Waals surface area contributed by atoms with Gasteiger partial charge < -0.3 is 15.4 Å². The zero-order valence-electron chi connectivity index (χ0n) is 18.9. The Morgan fingerprint density at radius 1 is 1.31 bits per heavy atom. The number of pyridine rings is 2. The van der Waals surface area contributed by atoms with E-state index in [1.54, 1.807) is 36.1 Å². The van der Waals surface area contributed by atoms with Gasteiger partial charge in [0.1, 0.15) is 23.0 Å². The number of aromatic nitrogens is 3. The van der Waals surface area contributed by atoms with E-state index in [1.807, 2.05) is 6.07 Å². The van der Waals surface area contributed by atoms with Crippen LogP contribution in [0.15, 0.2) is 36.7 Å². The van der Waals surface area contributed by atoms with Crippen LogP contribution in [0, 0.1) is 18.3 Å². The predicted molar refractivity (Wildman–Crippen MR) is 127 cm³/mol. The number of carbonyl (C=O) groups is 1. The van der Waals surface area contributed by atoms with Crippen molar-refractivity contribution in [1.29, 1.82) is 5.26 Å². The van der Waals surface area contributed by atoms with E-state index in [0.717, 1.165) is 24.4 Å². The summed E-state index contributed by atoms with van der Waals surface area (Å²) in [4.78, 5) is 23.1. The van der Waals surface area contributed by atoms with Gasteiger partial charge in [-0.3, -0.25) is 9.69 Å². The molecule has 1 atom stereocenters. The van der Waals surface area contributed by atoms with E-state index in [2.05, 4.69) is 25.0 Å². The van der Waals surface area contributed by atoms with Crippen molar-refractivity contribution in [3.63, 3.8) is 0 Å². The summed E-state index contributed by atoms with van der Waals surface area (Å²) in [5, 5.41) is 15.3. The fourth-order valence-electron chi connectivity index (χ4n) is 3.73. The van der Waals surface area contributed by atoms with Crippen molar-refractivity contribution in [2.24, 2.45) is 0 Å². The molecule has 4 heterocycles. The molecule has 3 aromatic rings. The van der Waals surface area contributed by atoms with Gasteiger partial charge in [-0.2, -0.15) is 9.64 Å². The van der Waals surface area contributed by atoms with Gasteiger partial charge in [0.05, 0.1) is 35.2 Å². The lowest BCUT2D eigenvalue weighted by Gasteiger charge is -2.32. The number of hydrogen-bond donors (Lipinski definition) is 2. The monoisotopic (exact) mass is 499 g/mol. The SMILES string of the molecule is Cc1nsc(Nc2ccc(C#N)cn2)c1C(=O)Nc1ccc(OC2CCCN(CC(F)F)C2)nc1. The molecule has 1 fully saturated rings. The quantitative estimate of drug-likeness (QED) is 0.473. The molecule has 1 unspecified atom stereocenters. The molecule has 0 radical (unpaired) electrons. The van der Waals surface area contributed by atoms with Crippen molar-refractivity contribution in [3.05, 3.63) is 53.5 Å². The number of piperidine rings is 1. The van der Waals surface area contributed by atoms with Crippen LogP contribution in [0.3, 0.4) is 0 Å². The molecule has 182 valence electrons. The Kier molecular flexibility index (Phi) is 7.79. The van der Waals surface area contributed by atoms with Crippen molar-refractivity contribution in [1.82, 2.24) is 19.2 Å². The maximum Gasteiger partial charge on any atom is 0.260 e. The van der Waals surface area contributed by atoms with Crippen LogP contribution in [-0.4, -0.2) is 57.3 Å². The molecular formula is C23H23F2N7O2S. The molecule has 0 aromatic carbocycles. The second kappa shape index (κ2) is 11.2. The Hall–Kier alpha value is -3.69. The van der Waals surface area contributed by atoms with Gasteiger partial charge in [0, 0.05) is 18.8 Å². The average Bonchev–Trinajstić information content (AvgIpc) is 3.20. The first kappa shape index (κ1) is 24.4. The van der Waals surface area contributed by atoms with E-state index < -0.39 is 6.43 Å². The van der Waals surface area contributed by atoms with Crippen molar-refractivity contribution in [3.8, 4) is 11.9 Å². The molecule has 1 amide bonds. The minimum Gasteiger partial charge on any atom is -0.473 e. The van der Waals surface area contributed by atoms with Crippen LogP contribution in [-0.2, 0) is 0 Å². The van der Waals surface area contributed by atoms with Crippen LogP contribution in [0.25, 0.3) is 0 Å². The first-order chi connectivity index (χ1) is 16.9. The summed E-state index contributed by atoms with van der Waals surface area (Å²) in [7, 11) is 0.